The molecule has 4 atom stereocenters. The van der Waals surface area contributed by atoms with Crippen LogP contribution in [-0.2, 0) is 16.1 Å². The van der Waals surface area contributed by atoms with Crippen molar-refractivity contribution in [1.29, 1.82) is 0 Å². The van der Waals surface area contributed by atoms with Crippen LogP contribution in [-0.4, -0.2) is 40.8 Å². The van der Waals surface area contributed by atoms with E-state index in [0.717, 1.165) is 18.4 Å². The van der Waals surface area contributed by atoms with E-state index in [-0.39, 0.29) is 6.61 Å². The van der Waals surface area contributed by atoms with Gasteiger partial charge in [0.05, 0.1) is 6.04 Å². The Morgan fingerprint density at radius 1 is 1.10 bits per heavy atom. The number of unbranched alkanes of at least 4 members (excludes halogenated alkanes) is 7. The molecule has 0 bridgehead atoms. The lowest BCUT2D eigenvalue weighted by Gasteiger charge is -2.19. The molecule has 1 aliphatic heterocycles. The van der Waals surface area contributed by atoms with Crippen LogP contribution in [0.1, 0.15) is 63.9 Å². The van der Waals surface area contributed by atoms with Crippen molar-refractivity contribution in [3.63, 3.8) is 0 Å². The van der Waals surface area contributed by atoms with Crippen molar-refractivity contribution in [1.82, 2.24) is 5.32 Å². The van der Waals surface area contributed by atoms with Crippen molar-refractivity contribution in [3.8, 4) is 0 Å². The number of hydrogen-bond donors (Lipinski definition) is 3. The Bertz CT molecular complexity index is 607. The van der Waals surface area contributed by atoms with Gasteiger partial charge in [-0.15, -0.1) is 0 Å². The number of allylic oxidation sites excluding steroid dienone is 1. The molecule has 3 N–H and O–H groups in total. The fourth-order valence-electron chi connectivity index (χ4n) is 3.38. The highest BCUT2D eigenvalue weighted by Gasteiger charge is 2.42. The number of alkyl carbamates (subject to hydrolysis) is 1. The largest absolute Gasteiger partial charge is 0.445 e. The minimum absolute atomic E-state index is 0.137. The van der Waals surface area contributed by atoms with Crippen molar-refractivity contribution in [2.75, 3.05) is 0 Å². The maximum Gasteiger partial charge on any atom is 0.407 e. The summed E-state index contributed by atoms with van der Waals surface area (Å²) >= 11 is 0. The van der Waals surface area contributed by atoms with E-state index in [9.17, 15) is 15.0 Å². The molecule has 6 nitrogen and oxygen atoms in total. The zero-order valence-electron chi connectivity index (χ0n) is 17.3. The van der Waals surface area contributed by atoms with Crippen molar-refractivity contribution in [2.24, 2.45) is 0 Å². The number of ether oxygens (including phenoxy) is 2. The second kappa shape index (κ2) is 13.4. The summed E-state index contributed by atoms with van der Waals surface area (Å²) in [5.41, 5.74) is 0.872. The van der Waals surface area contributed by atoms with Gasteiger partial charge in [0.15, 0.2) is 6.29 Å². The van der Waals surface area contributed by atoms with Gasteiger partial charge in [0.25, 0.3) is 0 Å². The van der Waals surface area contributed by atoms with Gasteiger partial charge in [0.1, 0.15) is 18.8 Å². The number of amides is 1. The van der Waals surface area contributed by atoms with Gasteiger partial charge in [0, 0.05) is 0 Å². The minimum atomic E-state index is -1.33. The molecule has 1 aromatic carbocycles. The molecule has 0 aromatic heterocycles. The number of aliphatic hydroxyl groups excluding tert-OH is 2. The van der Waals surface area contributed by atoms with Gasteiger partial charge in [-0.25, -0.2) is 4.79 Å². The predicted octanol–water partition coefficient (Wildman–Crippen LogP) is 4.06. The molecule has 1 aliphatic rings. The molecule has 1 fully saturated rings. The lowest BCUT2D eigenvalue weighted by molar-refractivity contribution is -0.119. The maximum atomic E-state index is 12.1. The number of rotatable bonds is 12. The fourth-order valence-corrected chi connectivity index (χ4v) is 3.38. The summed E-state index contributed by atoms with van der Waals surface area (Å²) in [5.74, 6) is 0. The molecule has 1 amide bonds. The van der Waals surface area contributed by atoms with E-state index in [2.05, 4.69) is 12.2 Å². The van der Waals surface area contributed by atoms with Crippen LogP contribution in [0.15, 0.2) is 42.5 Å². The fraction of sp³-hybridized carbons (Fsp3) is 0.609. The summed E-state index contributed by atoms with van der Waals surface area (Å²) in [4.78, 5) is 12.1. The number of benzene rings is 1. The van der Waals surface area contributed by atoms with Crippen LogP contribution in [0.25, 0.3) is 0 Å². The van der Waals surface area contributed by atoms with Crippen LogP contribution in [0.4, 0.5) is 4.79 Å². The van der Waals surface area contributed by atoms with Gasteiger partial charge in [-0.05, 0) is 18.4 Å². The van der Waals surface area contributed by atoms with Gasteiger partial charge < -0.3 is 25.0 Å². The van der Waals surface area contributed by atoms with E-state index in [0.29, 0.717) is 0 Å². The number of carbonyl (C=O) groups excluding carboxylic acids is 1. The van der Waals surface area contributed by atoms with Crippen LogP contribution in [0.5, 0.6) is 0 Å². The highest BCUT2D eigenvalue weighted by Crippen LogP contribution is 2.21. The summed E-state index contributed by atoms with van der Waals surface area (Å²) in [7, 11) is 0. The Kier molecular flexibility index (Phi) is 10.8. The first kappa shape index (κ1) is 23.4. The third kappa shape index (κ3) is 8.56. The average Bonchev–Trinajstić information content (AvgIpc) is 2.99. The van der Waals surface area contributed by atoms with E-state index in [1.165, 1.54) is 38.5 Å². The summed E-state index contributed by atoms with van der Waals surface area (Å²) < 4.78 is 10.6. The third-order valence-corrected chi connectivity index (χ3v) is 5.11. The highest BCUT2D eigenvalue weighted by atomic mass is 16.6. The van der Waals surface area contributed by atoms with Gasteiger partial charge in [-0.2, -0.15) is 0 Å². The summed E-state index contributed by atoms with van der Waals surface area (Å²) in [6.45, 7) is 2.35. The molecule has 1 aromatic rings. The summed E-state index contributed by atoms with van der Waals surface area (Å²) in [5, 5.41) is 22.5. The molecule has 0 saturated carbocycles. The maximum absolute atomic E-state index is 12.1. The smallest absolute Gasteiger partial charge is 0.407 e. The molecular formula is C23H35NO5. The van der Waals surface area contributed by atoms with Crippen LogP contribution in [0, 0.1) is 0 Å². The van der Waals surface area contributed by atoms with Gasteiger partial charge in [-0.3, -0.25) is 0 Å². The SMILES string of the molecule is CCCCCCCCC/C=C\[C@H]1OC(O)[C@H](O)[C@H]1NC(=O)OCc1ccccc1. The van der Waals surface area contributed by atoms with E-state index in [1.54, 1.807) is 6.08 Å². The zero-order chi connectivity index (χ0) is 20.9. The Labute approximate surface area is 173 Å². The van der Waals surface area contributed by atoms with Crippen LogP contribution in [0.2, 0.25) is 0 Å². The molecule has 29 heavy (non-hydrogen) atoms. The van der Waals surface area contributed by atoms with E-state index in [1.807, 2.05) is 36.4 Å². The standard InChI is InChI=1S/C23H35NO5/c1-2-3-4-5-6-7-8-9-13-16-19-20(21(25)22(26)29-19)24-23(27)28-17-18-14-11-10-12-15-18/h10-16,19-22,25-26H,2-9,17H2,1H3,(H,24,27)/b16-13-/t19-,20+,21-,22?/m1/s1. The quantitative estimate of drug-likeness (QED) is 0.361. The van der Waals surface area contributed by atoms with Crippen molar-refractivity contribution >= 4 is 6.09 Å². The van der Waals surface area contributed by atoms with Gasteiger partial charge in [0.2, 0.25) is 0 Å². The lowest BCUT2D eigenvalue weighted by atomic mass is 10.1. The second-order valence-electron chi connectivity index (χ2n) is 7.55. The zero-order valence-corrected chi connectivity index (χ0v) is 17.3. The normalized spacial score (nSPS) is 24.1. The molecule has 0 radical (unpaired) electrons. The van der Waals surface area contributed by atoms with E-state index >= 15 is 0 Å². The van der Waals surface area contributed by atoms with Crippen molar-refractivity contribution in [3.05, 3.63) is 48.0 Å². The molecule has 162 valence electrons. The summed E-state index contributed by atoms with van der Waals surface area (Å²) in [6.07, 6.45) is 9.64. The monoisotopic (exact) mass is 405 g/mol. The van der Waals surface area contributed by atoms with Crippen LogP contribution >= 0.6 is 0 Å². The highest BCUT2D eigenvalue weighted by molar-refractivity contribution is 5.68. The molecular weight excluding hydrogens is 370 g/mol. The molecule has 0 aliphatic carbocycles. The summed E-state index contributed by atoms with van der Waals surface area (Å²) in [6, 6.07) is 8.60. The first-order valence-corrected chi connectivity index (χ1v) is 10.8. The molecule has 2 rings (SSSR count). The predicted molar refractivity (Wildman–Crippen MR) is 112 cm³/mol. The molecule has 6 heteroatoms. The number of nitrogens with one attached hydrogen (secondary N) is 1. The topological polar surface area (TPSA) is 88.0 Å². The Balaban J connectivity index is 1.71. The minimum Gasteiger partial charge on any atom is -0.445 e. The Hall–Kier alpha value is -1.89. The number of hydrogen-bond acceptors (Lipinski definition) is 5. The lowest BCUT2D eigenvalue weighted by Crippen LogP contribution is -2.47. The number of aliphatic hydroxyl groups is 2. The molecule has 1 unspecified atom stereocenters. The number of carbonyl (C=O) groups is 1. The van der Waals surface area contributed by atoms with Crippen molar-refractivity contribution < 1.29 is 24.5 Å². The van der Waals surface area contributed by atoms with E-state index in [4.69, 9.17) is 9.47 Å². The second-order valence-corrected chi connectivity index (χ2v) is 7.55. The Morgan fingerprint density at radius 3 is 2.52 bits per heavy atom. The molecule has 1 saturated heterocycles. The third-order valence-electron chi connectivity index (χ3n) is 5.11. The van der Waals surface area contributed by atoms with Crippen molar-refractivity contribution in [2.45, 2.75) is 89.4 Å². The first-order chi connectivity index (χ1) is 14.1. The van der Waals surface area contributed by atoms with Gasteiger partial charge in [-0.1, -0.05) is 87.9 Å². The Morgan fingerprint density at radius 2 is 1.79 bits per heavy atom. The van der Waals surface area contributed by atoms with Gasteiger partial charge >= 0.3 is 6.09 Å². The van der Waals surface area contributed by atoms with Crippen LogP contribution in [0.3, 0.4) is 0 Å². The molecule has 0 spiro atoms. The first-order valence-electron chi connectivity index (χ1n) is 10.8. The van der Waals surface area contributed by atoms with Crippen LogP contribution < -0.4 is 5.32 Å². The average molecular weight is 406 g/mol. The van der Waals surface area contributed by atoms with E-state index < -0.39 is 30.6 Å². The molecule has 1 heterocycles.